The Bertz CT molecular complexity index is 1410. The third-order valence-corrected chi connectivity index (χ3v) is 8.21. The third-order valence-electron chi connectivity index (χ3n) is 7.01. The Morgan fingerprint density at radius 2 is 1.55 bits per heavy atom. The van der Waals surface area contributed by atoms with Gasteiger partial charge in [0.15, 0.2) is 17.3 Å². The van der Waals surface area contributed by atoms with Crippen LogP contribution < -0.4 is 18.9 Å². The summed E-state index contributed by atoms with van der Waals surface area (Å²) in [4.78, 5) is 17.3. The number of carbonyl (C=O) groups is 1. The normalized spacial score (nSPS) is 13.9. The first-order valence-electron chi connectivity index (χ1n) is 12.9. The number of thiophene rings is 1. The van der Waals surface area contributed by atoms with E-state index in [-0.39, 0.29) is 5.78 Å². The van der Waals surface area contributed by atoms with Gasteiger partial charge >= 0.3 is 0 Å². The molecule has 0 spiro atoms. The van der Waals surface area contributed by atoms with Crippen LogP contribution in [0.1, 0.15) is 35.2 Å². The first-order chi connectivity index (χ1) is 18.6. The maximum absolute atomic E-state index is 14.0. The number of likely N-dealkylation sites (tertiary alicyclic amines) is 1. The quantitative estimate of drug-likeness (QED) is 0.213. The number of hydrogen-bond donors (Lipinski definition) is 0. The lowest BCUT2D eigenvalue weighted by atomic mass is 9.97. The van der Waals surface area contributed by atoms with Crippen molar-refractivity contribution in [1.29, 1.82) is 0 Å². The van der Waals surface area contributed by atoms with E-state index in [1.165, 1.54) is 19.3 Å². The van der Waals surface area contributed by atoms with Gasteiger partial charge in [0.05, 0.1) is 21.3 Å². The maximum Gasteiger partial charge on any atom is 0.195 e. The molecule has 0 aliphatic carbocycles. The Hall–Kier alpha value is -3.55. The average molecular weight is 532 g/mol. The average Bonchev–Trinajstić information content (AvgIpc) is 3.36. The highest BCUT2D eigenvalue weighted by atomic mass is 32.1. The first kappa shape index (κ1) is 26.1. The molecule has 4 aromatic rings. The fraction of sp³-hybridized carbons (Fsp3) is 0.323. The molecule has 0 unspecified atom stereocenters. The third kappa shape index (κ3) is 5.49. The van der Waals surface area contributed by atoms with Crippen molar-refractivity contribution in [3.8, 4) is 33.4 Å². The molecular formula is C31H33NO5S. The summed E-state index contributed by atoms with van der Waals surface area (Å²) < 4.78 is 23.4. The lowest BCUT2D eigenvalue weighted by molar-refractivity contribution is 0.104. The van der Waals surface area contributed by atoms with Crippen LogP contribution >= 0.6 is 11.3 Å². The molecule has 2 heterocycles. The van der Waals surface area contributed by atoms with Crippen LogP contribution in [0.5, 0.6) is 23.0 Å². The molecule has 0 saturated carbocycles. The van der Waals surface area contributed by atoms with Gasteiger partial charge in [0.25, 0.3) is 0 Å². The van der Waals surface area contributed by atoms with Crippen molar-refractivity contribution in [1.82, 2.24) is 4.90 Å². The minimum Gasteiger partial charge on any atom is -0.497 e. The number of hydrogen-bond acceptors (Lipinski definition) is 7. The molecule has 0 bridgehead atoms. The number of rotatable bonds is 10. The van der Waals surface area contributed by atoms with Gasteiger partial charge in [-0.05, 0) is 92.2 Å². The van der Waals surface area contributed by atoms with E-state index in [0.29, 0.717) is 29.2 Å². The summed E-state index contributed by atoms with van der Waals surface area (Å²) in [6.07, 6.45) is 3.87. The highest BCUT2D eigenvalue weighted by Gasteiger charge is 2.23. The Morgan fingerprint density at radius 3 is 2.26 bits per heavy atom. The molecule has 1 aliphatic heterocycles. The van der Waals surface area contributed by atoms with Gasteiger partial charge in [-0.2, -0.15) is 0 Å². The molecule has 0 N–H and O–H groups in total. The minimum atomic E-state index is -0.0360. The van der Waals surface area contributed by atoms with E-state index in [9.17, 15) is 4.79 Å². The SMILES string of the molecule is COc1ccc2c(C(=O)c3ccc(OCCN4CCCCC4)cc3)c(-c3ccc(OC)c(OC)c3)sc2c1. The van der Waals surface area contributed by atoms with Crippen LogP contribution in [0, 0.1) is 0 Å². The molecular weight excluding hydrogens is 498 g/mol. The predicted molar refractivity (Wildman–Crippen MR) is 153 cm³/mol. The Labute approximate surface area is 227 Å². The van der Waals surface area contributed by atoms with E-state index < -0.39 is 0 Å². The summed E-state index contributed by atoms with van der Waals surface area (Å²) in [6.45, 7) is 3.88. The zero-order valence-electron chi connectivity index (χ0n) is 22.1. The predicted octanol–water partition coefficient (Wildman–Crippen LogP) is 6.69. The Balaban J connectivity index is 1.44. The molecule has 5 rings (SSSR count). The molecule has 3 aromatic carbocycles. The van der Waals surface area contributed by atoms with Crippen LogP contribution in [-0.4, -0.2) is 58.3 Å². The standard InChI is InChI=1S/C31H33NO5S/c1-34-24-12-13-25-28(20-24)38-31(22-9-14-26(35-2)27(19-22)36-3)29(25)30(33)21-7-10-23(11-8-21)37-18-17-32-15-5-4-6-16-32/h7-14,19-20H,4-6,15-18H2,1-3H3. The number of piperidine rings is 1. The number of fused-ring (bicyclic) bond motifs is 1. The summed E-state index contributed by atoms with van der Waals surface area (Å²) in [5, 5.41) is 0.896. The number of nitrogens with zero attached hydrogens (tertiary/aromatic N) is 1. The topological polar surface area (TPSA) is 57.2 Å². The Morgan fingerprint density at radius 1 is 0.816 bits per heavy atom. The van der Waals surface area contributed by atoms with Gasteiger partial charge in [0.1, 0.15) is 18.1 Å². The van der Waals surface area contributed by atoms with Crippen molar-refractivity contribution in [2.24, 2.45) is 0 Å². The van der Waals surface area contributed by atoms with Crippen molar-refractivity contribution in [3.63, 3.8) is 0 Å². The molecule has 0 amide bonds. The summed E-state index contributed by atoms with van der Waals surface area (Å²) in [7, 11) is 4.87. The smallest absolute Gasteiger partial charge is 0.195 e. The second-order valence-corrected chi connectivity index (χ2v) is 10.4. The van der Waals surface area contributed by atoms with Crippen LogP contribution in [0.4, 0.5) is 0 Å². The molecule has 38 heavy (non-hydrogen) atoms. The molecule has 0 radical (unpaired) electrons. The van der Waals surface area contributed by atoms with Gasteiger partial charge in [0, 0.05) is 32.6 Å². The van der Waals surface area contributed by atoms with Gasteiger partial charge in [-0.3, -0.25) is 9.69 Å². The molecule has 1 aromatic heterocycles. The lowest BCUT2D eigenvalue weighted by Crippen LogP contribution is -2.33. The summed E-state index contributed by atoms with van der Waals surface area (Å²) in [5.41, 5.74) is 2.17. The zero-order chi connectivity index (χ0) is 26.5. The van der Waals surface area contributed by atoms with Crippen LogP contribution in [0.15, 0.2) is 60.7 Å². The number of ketones is 1. The minimum absolute atomic E-state index is 0.0360. The van der Waals surface area contributed by atoms with Gasteiger partial charge in [-0.1, -0.05) is 6.42 Å². The first-order valence-corrected chi connectivity index (χ1v) is 13.8. The number of benzene rings is 3. The molecule has 1 saturated heterocycles. The molecule has 1 fully saturated rings. The van der Waals surface area contributed by atoms with Crippen LogP contribution in [-0.2, 0) is 0 Å². The van der Waals surface area contributed by atoms with Crippen molar-refractivity contribution in [3.05, 3.63) is 71.8 Å². The summed E-state index contributed by atoms with van der Waals surface area (Å²) in [5.74, 6) is 2.75. The molecule has 6 nitrogen and oxygen atoms in total. The van der Waals surface area contributed by atoms with E-state index in [2.05, 4.69) is 4.90 Å². The monoisotopic (exact) mass is 531 g/mol. The van der Waals surface area contributed by atoms with E-state index in [1.54, 1.807) is 32.7 Å². The van der Waals surface area contributed by atoms with E-state index >= 15 is 0 Å². The second kappa shape index (κ2) is 11.9. The van der Waals surface area contributed by atoms with Gasteiger partial charge in [0.2, 0.25) is 0 Å². The lowest BCUT2D eigenvalue weighted by Gasteiger charge is -2.26. The zero-order valence-corrected chi connectivity index (χ0v) is 22.9. The number of ether oxygens (including phenoxy) is 4. The molecule has 1 aliphatic rings. The number of carbonyl (C=O) groups excluding carboxylic acids is 1. The Kier molecular flexibility index (Phi) is 8.15. The fourth-order valence-electron chi connectivity index (χ4n) is 4.93. The second-order valence-electron chi connectivity index (χ2n) is 9.34. The largest absolute Gasteiger partial charge is 0.497 e. The van der Waals surface area contributed by atoms with E-state index in [4.69, 9.17) is 18.9 Å². The van der Waals surface area contributed by atoms with Gasteiger partial charge < -0.3 is 18.9 Å². The van der Waals surface area contributed by atoms with Crippen molar-refractivity contribution >= 4 is 27.2 Å². The van der Waals surface area contributed by atoms with Crippen molar-refractivity contribution in [2.75, 3.05) is 47.6 Å². The highest BCUT2D eigenvalue weighted by Crippen LogP contribution is 2.43. The van der Waals surface area contributed by atoms with E-state index in [1.807, 2.05) is 60.7 Å². The molecule has 0 atom stereocenters. The van der Waals surface area contributed by atoms with Crippen LogP contribution in [0.3, 0.4) is 0 Å². The highest BCUT2D eigenvalue weighted by molar-refractivity contribution is 7.22. The van der Waals surface area contributed by atoms with Crippen LogP contribution in [0.2, 0.25) is 0 Å². The van der Waals surface area contributed by atoms with Crippen molar-refractivity contribution < 1.29 is 23.7 Å². The summed E-state index contributed by atoms with van der Waals surface area (Å²) >= 11 is 1.56. The van der Waals surface area contributed by atoms with Crippen LogP contribution in [0.25, 0.3) is 20.5 Å². The van der Waals surface area contributed by atoms with E-state index in [0.717, 1.165) is 51.7 Å². The van der Waals surface area contributed by atoms with Crippen molar-refractivity contribution in [2.45, 2.75) is 19.3 Å². The fourth-order valence-corrected chi connectivity index (χ4v) is 6.16. The molecule has 7 heteroatoms. The summed E-state index contributed by atoms with van der Waals surface area (Å²) in [6, 6.07) is 19.0. The maximum atomic E-state index is 14.0. The number of methoxy groups -OCH3 is 3. The van der Waals surface area contributed by atoms with Gasteiger partial charge in [-0.15, -0.1) is 11.3 Å². The molecule has 198 valence electrons. The van der Waals surface area contributed by atoms with Gasteiger partial charge in [-0.25, -0.2) is 0 Å².